The van der Waals surface area contributed by atoms with Crippen molar-refractivity contribution in [2.45, 2.75) is 20.3 Å². The SMILES string of the molecule is COCCN1CCN(c2cccc(C[C](C)C)c2)CC1. The Morgan fingerprint density at radius 2 is 1.90 bits per heavy atom. The van der Waals surface area contributed by atoms with Crippen molar-refractivity contribution in [1.82, 2.24) is 4.90 Å². The number of nitrogens with zero attached hydrogens (tertiary/aromatic N) is 2. The van der Waals surface area contributed by atoms with Gasteiger partial charge in [0.2, 0.25) is 0 Å². The molecule has 2 rings (SSSR count). The number of piperazine rings is 1. The Labute approximate surface area is 123 Å². The highest BCUT2D eigenvalue weighted by Gasteiger charge is 2.16. The van der Waals surface area contributed by atoms with E-state index in [0.717, 1.165) is 45.8 Å². The van der Waals surface area contributed by atoms with E-state index >= 15 is 0 Å². The van der Waals surface area contributed by atoms with E-state index in [1.165, 1.54) is 17.2 Å². The maximum atomic E-state index is 5.15. The van der Waals surface area contributed by atoms with E-state index in [4.69, 9.17) is 4.74 Å². The van der Waals surface area contributed by atoms with Crippen molar-refractivity contribution < 1.29 is 4.74 Å². The van der Waals surface area contributed by atoms with Crippen molar-refractivity contribution in [2.24, 2.45) is 0 Å². The van der Waals surface area contributed by atoms with Gasteiger partial charge in [0.05, 0.1) is 6.61 Å². The van der Waals surface area contributed by atoms with Gasteiger partial charge in [-0.15, -0.1) is 0 Å². The van der Waals surface area contributed by atoms with Crippen LogP contribution in [0.4, 0.5) is 5.69 Å². The fourth-order valence-electron chi connectivity index (χ4n) is 2.72. The van der Waals surface area contributed by atoms with E-state index in [-0.39, 0.29) is 0 Å². The van der Waals surface area contributed by atoms with Gasteiger partial charge in [-0.1, -0.05) is 26.0 Å². The van der Waals surface area contributed by atoms with Crippen LogP contribution in [0.15, 0.2) is 24.3 Å². The zero-order chi connectivity index (χ0) is 14.4. The van der Waals surface area contributed by atoms with Crippen LogP contribution in [0, 0.1) is 5.92 Å². The molecular weight excluding hydrogens is 248 g/mol. The molecule has 0 atom stereocenters. The summed E-state index contributed by atoms with van der Waals surface area (Å²) in [4.78, 5) is 4.98. The lowest BCUT2D eigenvalue weighted by Crippen LogP contribution is -2.47. The number of ether oxygens (including phenoxy) is 1. The van der Waals surface area contributed by atoms with Crippen LogP contribution in [0.2, 0.25) is 0 Å². The van der Waals surface area contributed by atoms with Crippen LogP contribution in [0.1, 0.15) is 19.4 Å². The largest absolute Gasteiger partial charge is 0.383 e. The quantitative estimate of drug-likeness (QED) is 0.794. The molecule has 1 fully saturated rings. The van der Waals surface area contributed by atoms with Crippen molar-refractivity contribution >= 4 is 5.69 Å². The number of hydrogen-bond donors (Lipinski definition) is 0. The van der Waals surface area contributed by atoms with E-state index in [2.05, 4.69) is 47.9 Å². The van der Waals surface area contributed by atoms with Gasteiger partial charge in [0.25, 0.3) is 0 Å². The highest BCUT2D eigenvalue weighted by atomic mass is 16.5. The molecule has 1 aliphatic rings. The molecule has 1 heterocycles. The van der Waals surface area contributed by atoms with Gasteiger partial charge < -0.3 is 9.64 Å². The first kappa shape index (κ1) is 15.3. The molecule has 1 radical (unpaired) electrons. The first-order valence-electron chi connectivity index (χ1n) is 7.53. The summed E-state index contributed by atoms with van der Waals surface area (Å²) in [6.07, 6.45) is 1.08. The molecule has 0 N–H and O–H groups in total. The average molecular weight is 275 g/mol. The third-order valence-electron chi connectivity index (χ3n) is 3.82. The Bertz CT molecular complexity index is 398. The first-order valence-corrected chi connectivity index (χ1v) is 7.53. The van der Waals surface area contributed by atoms with Gasteiger partial charge in [-0.3, -0.25) is 4.90 Å². The van der Waals surface area contributed by atoms with Crippen LogP contribution < -0.4 is 4.90 Å². The van der Waals surface area contributed by atoms with Crippen LogP contribution in [0.5, 0.6) is 0 Å². The minimum atomic E-state index is 0.834. The molecule has 3 nitrogen and oxygen atoms in total. The fourth-order valence-corrected chi connectivity index (χ4v) is 2.72. The Balaban J connectivity index is 1.89. The lowest BCUT2D eigenvalue weighted by molar-refractivity contribution is 0.144. The van der Waals surface area contributed by atoms with Crippen molar-refractivity contribution in [1.29, 1.82) is 0 Å². The molecule has 1 saturated heterocycles. The first-order chi connectivity index (χ1) is 9.69. The predicted octanol–water partition coefficient (Wildman–Crippen LogP) is 2.61. The van der Waals surface area contributed by atoms with Crippen LogP contribution in [-0.2, 0) is 11.2 Å². The molecule has 111 valence electrons. The molecule has 0 bridgehead atoms. The molecule has 1 aliphatic heterocycles. The number of hydrogen-bond acceptors (Lipinski definition) is 3. The molecule has 1 aromatic carbocycles. The molecule has 0 spiro atoms. The van der Waals surface area contributed by atoms with Crippen molar-refractivity contribution in [3.63, 3.8) is 0 Å². The highest BCUT2D eigenvalue weighted by Crippen LogP contribution is 2.20. The zero-order valence-electron chi connectivity index (χ0n) is 13.1. The predicted molar refractivity (Wildman–Crippen MR) is 85.3 cm³/mol. The van der Waals surface area contributed by atoms with Crippen molar-refractivity contribution in [2.75, 3.05) is 51.3 Å². The van der Waals surface area contributed by atoms with Gasteiger partial charge in [0.15, 0.2) is 0 Å². The normalized spacial score (nSPS) is 16.9. The fraction of sp³-hybridized carbons (Fsp3) is 0.588. The van der Waals surface area contributed by atoms with Gasteiger partial charge in [-0.05, 0) is 30.0 Å². The molecule has 0 amide bonds. The summed E-state index contributed by atoms with van der Waals surface area (Å²) in [5.41, 5.74) is 2.79. The molecule has 0 unspecified atom stereocenters. The molecule has 0 aliphatic carbocycles. The van der Waals surface area contributed by atoms with Gasteiger partial charge in [0.1, 0.15) is 0 Å². The van der Waals surface area contributed by atoms with Crippen LogP contribution in [0.25, 0.3) is 0 Å². The molecule has 1 aromatic rings. The second-order valence-electron chi connectivity index (χ2n) is 5.88. The minimum Gasteiger partial charge on any atom is -0.383 e. The molecule has 20 heavy (non-hydrogen) atoms. The third-order valence-corrected chi connectivity index (χ3v) is 3.82. The van der Waals surface area contributed by atoms with E-state index in [1.54, 1.807) is 7.11 Å². The Morgan fingerprint density at radius 3 is 2.55 bits per heavy atom. The molecule has 0 aromatic heterocycles. The number of benzene rings is 1. The summed E-state index contributed by atoms with van der Waals surface area (Å²) in [6, 6.07) is 8.99. The summed E-state index contributed by atoms with van der Waals surface area (Å²) in [5, 5.41) is 0. The van der Waals surface area contributed by atoms with Gasteiger partial charge in [-0.2, -0.15) is 0 Å². The molecule has 0 saturated carbocycles. The standard InChI is InChI=1S/C17H27N2O/c1-15(2)13-16-5-4-6-17(14-16)19-9-7-18(8-10-19)11-12-20-3/h4-6,14H,7-13H2,1-3H3. The maximum absolute atomic E-state index is 5.15. The van der Waals surface area contributed by atoms with Gasteiger partial charge in [-0.25, -0.2) is 0 Å². The zero-order valence-corrected chi connectivity index (χ0v) is 13.1. The summed E-state index contributed by atoms with van der Waals surface area (Å²) in [5.74, 6) is 1.46. The van der Waals surface area contributed by atoms with E-state index < -0.39 is 0 Å². The average Bonchev–Trinajstić information content (AvgIpc) is 2.45. The van der Waals surface area contributed by atoms with Crippen molar-refractivity contribution in [3.8, 4) is 0 Å². The number of rotatable bonds is 6. The lowest BCUT2D eigenvalue weighted by atomic mass is 10.0. The molecular formula is C17H27N2O. The third kappa shape index (κ3) is 4.50. The summed E-state index contributed by atoms with van der Waals surface area (Å²) in [7, 11) is 1.77. The second-order valence-corrected chi connectivity index (χ2v) is 5.88. The maximum Gasteiger partial charge on any atom is 0.0589 e. The Kier molecular flexibility index (Phi) is 5.86. The molecule has 3 heteroatoms. The van der Waals surface area contributed by atoms with E-state index in [1.807, 2.05) is 0 Å². The second kappa shape index (κ2) is 7.65. The summed E-state index contributed by atoms with van der Waals surface area (Å²) < 4.78 is 5.15. The Morgan fingerprint density at radius 1 is 1.15 bits per heavy atom. The summed E-state index contributed by atoms with van der Waals surface area (Å²) >= 11 is 0. The monoisotopic (exact) mass is 275 g/mol. The number of methoxy groups -OCH3 is 1. The van der Waals surface area contributed by atoms with E-state index in [9.17, 15) is 0 Å². The van der Waals surface area contributed by atoms with Gasteiger partial charge in [0, 0.05) is 45.5 Å². The van der Waals surface area contributed by atoms with Crippen LogP contribution in [-0.4, -0.2) is 51.3 Å². The van der Waals surface area contributed by atoms with Crippen molar-refractivity contribution in [3.05, 3.63) is 35.7 Å². The Hall–Kier alpha value is -1.06. The van der Waals surface area contributed by atoms with Crippen LogP contribution in [0.3, 0.4) is 0 Å². The lowest BCUT2D eigenvalue weighted by Gasteiger charge is -2.36. The highest BCUT2D eigenvalue weighted by molar-refractivity contribution is 5.49. The topological polar surface area (TPSA) is 15.7 Å². The van der Waals surface area contributed by atoms with E-state index in [0.29, 0.717) is 0 Å². The smallest absolute Gasteiger partial charge is 0.0589 e. The minimum absolute atomic E-state index is 0.834. The number of anilines is 1. The van der Waals surface area contributed by atoms with Crippen LogP contribution >= 0.6 is 0 Å². The van der Waals surface area contributed by atoms with Gasteiger partial charge >= 0.3 is 0 Å². The summed E-state index contributed by atoms with van der Waals surface area (Å²) in [6.45, 7) is 10.8.